The number of rotatable bonds is 5. The summed E-state index contributed by atoms with van der Waals surface area (Å²) >= 11 is 6.38. The van der Waals surface area contributed by atoms with Gasteiger partial charge < -0.3 is 10.1 Å². The smallest absolute Gasteiger partial charge is 0.408 e. The lowest BCUT2D eigenvalue weighted by Gasteiger charge is -2.38. The third-order valence-corrected chi connectivity index (χ3v) is 5.14. The number of amides is 1. The van der Waals surface area contributed by atoms with E-state index in [-0.39, 0.29) is 16.4 Å². The monoisotopic (exact) mass is 440 g/mol. The van der Waals surface area contributed by atoms with Gasteiger partial charge in [0, 0.05) is 17.5 Å². The summed E-state index contributed by atoms with van der Waals surface area (Å²) in [5.74, 6) is -0.325. The highest BCUT2D eigenvalue weighted by atomic mass is 35.5. The Balaban J connectivity index is 2.09. The lowest BCUT2D eigenvalue weighted by molar-refractivity contribution is 0.0670. The zero-order valence-corrected chi connectivity index (χ0v) is 18.1. The number of benzene rings is 2. The number of hydrogen-bond donors (Lipinski definition) is 2. The number of carboxylic acid groups (broad SMARTS) is 1. The molecule has 1 amide bonds. The summed E-state index contributed by atoms with van der Waals surface area (Å²) in [6, 6.07) is 14.7. The molecule has 2 N–H and O–H groups in total. The summed E-state index contributed by atoms with van der Waals surface area (Å²) in [6.07, 6.45) is -0.720. The molecule has 0 aliphatic rings. The van der Waals surface area contributed by atoms with Crippen LogP contribution in [0.2, 0.25) is 5.15 Å². The molecule has 0 saturated carbocycles. The first-order chi connectivity index (χ1) is 14.6. The summed E-state index contributed by atoms with van der Waals surface area (Å²) in [4.78, 5) is 21.1. The lowest BCUT2D eigenvalue weighted by atomic mass is 9.98. The van der Waals surface area contributed by atoms with Crippen molar-refractivity contribution in [2.45, 2.75) is 38.8 Å². The Kier molecular flexibility index (Phi) is 6.32. The highest BCUT2D eigenvalue weighted by molar-refractivity contribution is 6.31. The fourth-order valence-electron chi connectivity index (χ4n) is 3.51. The first kappa shape index (κ1) is 22.3. The molecule has 0 fully saturated rings. The third-order valence-electron chi connectivity index (χ3n) is 4.87. The molecule has 160 valence electrons. The Morgan fingerprint density at radius 3 is 2.52 bits per heavy atom. The van der Waals surface area contributed by atoms with Crippen LogP contribution in [0, 0.1) is 17.1 Å². The van der Waals surface area contributed by atoms with E-state index < -0.39 is 23.5 Å². The van der Waals surface area contributed by atoms with Crippen molar-refractivity contribution in [3.63, 3.8) is 0 Å². The molecule has 1 aromatic heterocycles. The fourth-order valence-corrected chi connectivity index (χ4v) is 3.75. The van der Waals surface area contributed by atoms with Gasteiger partial charge in [-0.2, -0.15) is 5.26 Å². The molecule has 31 heavy (non-hydrogen) atoms. The zero-order chi connectivity index (χ0) is 22.8. The van der Waals surface area contributed by atoms with Crippen molar-refractivity contribution in [1.82, 2.24) is 14.9 Å². The number of imidazole rings is 1. The van der Waals surface area contributed by atoms with E-state index in [1.54, 1.807) is 32.9 Å². The molecule has 0 radical (unpaired) electrons. The lowest BCUT2D eigenvalue weighted by Crippen LogP contribution is -2.48. The first-order valence-corrected chi connectivity index (χ1v) is 10.0. The molecule has 0 unspecified atom stereocenters. The number of aromatic amines is 1. The Morgan fingerprint density at radius 1 is 1.29 bits per heavy atom. The number of nitrogens with one attached hydrogen (secondary N) is 1. The number of nitriles is 1. The van der Waals surface area contributed by atoms with Crippen molar-refractivity contribution in [1.29, 1.82) is 5.26 Å². The molecule has 0 aliphatic heterocycles. The van der Waals surface area contributed by atoms with Crippen molar-refractivity contribution in [2.75, 3.05) is 0 Å². The number of hydrogen-bond acceptors (Lipinski definition) is 3. The molecule has 2 aromatic carbocycles. The van der Waals surface area contributed by atoms with Crippen LogP contribution >= 0.6 is 11.6 Å². The average Bonchev–Trinajstić information content (AvgIpc) is 3.08. The molecule has 1 heterocycles. The van der Waals surface area contributed by atoms with Gasteiger partial charge in [-0.05, 0) is 38.5 Å². The molecular formula is C23H22ClFN4O2. The SMILES string of the molecule is CC(C)(C)N(C(=O)O)[C@@H](Cc1ccccc1)c1nc(-c2ccc(C#N)c(F)c2)c(Cl)[nH]1. The van der Waals surface area contributed by atoms with Crippen LogP contribution in [0.15, 0.2) is 48.5 Å². The quantitative estimate of drug-likeness (QED) is 0.524. The molecule has 3 rings (SSSR count). The van der Waals surface area contributed by atoms with Crippen molar-refractivity contribution < 1.29 is 14.3 Å². The van der Waals surface area contributed by atoms with E-state index in [1.807, 2.05) is 30.3 Å². The minimum absolute atomic E-state index is 0.0811. The van der Waals surface area contributed by atoms with Gasteiger partial charge in [-0.15, -0.1) is 0 Å². The van der Waals surface area contributed by atoms with Crippen molar-refractivity contribution >= 4 is 17.7 Å². The normalized spacial score (nSPS) is 12.3. The summed E-state index contributed by atoms with van der Waals surface area (Å²) in [5, 5.41) is 19.1. The summed E-state index contributed by atoms with van der Waals surface area (Å²) in [6.45, 7) is 5.42. The number of H-pyrrole nitrogens is 1. The van der Waals surface area contributed by atoms with Gasteiger partial charge in [-0.25, -0.2) is 14.2 Å². The third kappa shape index (κ3) is 4.86. The predicted molar refractivity (Wildman–Crippen MR) is 116 cm³/mol. The second-order valence-corrected chi connectivity index (χ2v) is 8.50. The van der Waals surface area contributed by atoms with Crippen LogP contribution < -0.4 is 0 Å². The zero-order valence-electron chi connectivity index (χ0n) is 17.4. The van der Waals surface area contributed by atoms with E-state index in [2.05, 4.69) is 9.97 Å². The fraction of sp³-hybridized carbons (Fsp3) is 0.261. The van der Waals surface area contributed by atoms with Crippen LogP contribution in [-0.4, -0.2) is 31.6 Å². The van der Waals surface area contributed by atoms with Crippen LogP contribution in [0.1, 0.15) is 43.8 Å². The number of halogens is 2. The van der Waals surface area contributed by atoms with Crippen LogP contribution in [0.3, 0.4) is 0 Å². The van der Waals surface area contributed by atoms with Crippen LogP contribution in [0.5, 0.6) is 0 Å². The second-order valence-electron chi connectivity index (χ2n) is 8.12. The van der Waals surface area contributed by atoms with Gasteiger partial charge >= 0.3 is 6.09 Å². The number of nitrogens with zero attached hydrogens (tertiary/aromatic N) is 3. The second kappa shape index (κ2) is 8.78. The maximum atomic E-state index is 14.1. The molecule has 0 aliphatic carbocycles. The van der Waals surface area contributed by atoms with Crippen molar-refractivity contribution in [3.05, 3.63) is 76.5 Å². The summed E-state index contributed by atoms with van der Waals surface area (Å²) < 4.78 is 14.1. The Labute approximate surface area is 184 Å². The molecule has 3 aromatic rings. The van der Waals surface area contributed by atoms with E-state index >= 15 is 0 Å². The molecule has 0 saturated heterocycles. The largest absolute Gasteiger partial charge is 0.465 e. The van der Waals surface area contributed by atoms with E-state index in [9.17, 15) is 14.3 Å². The average molecular weight is 441 g/mol. The Morgan fingerprint density at radius 2 is 1.97 bits per heavy atom. The standard InChI is InChI=1S/C23H22ClFN4O2/c1-23(2,3)29(22(30)31)18(11-14-7-5-4-6-8-14)21-27-19(20(24)28-21)15-9-10-16(13-26)17(25)12-15/h4-10,12,18H,11H2,1-3H3,(H,27,28)(H,30,31)/t18-/m0/s1. The molecule has 8 heteroatoms. The van der Waals surface area contributed by atoms with E-state index in [4.69, 9.17) is 16.9 Å². The van der Waals surface area contributed by atoms with E-state index in [0.717, 1.165) is 5.56 Å². The maximum absolute atomic E-state index is 14.1. The highest BCUT2D eigenvalue weighted by Crippen LogP contribution is 2.34. The van der Waals surface area contributed by atoms with Gasteiger partial charge in [0.2, 0.25) is 0 Å². The maximum Gasteiger partial charge on any atom is 0.408 e. The van der Waals surface area contributed by atoms with Crippen LogP contribution in [0.25, 0.3) is 11.3 Å². The Bertz CT molecular complexity index is 1130. The molecule has 0 bridgehead atoms. The highest BCUT2D eigenvalue weighted by Gasteiger charge is 2.36. The van der Waals surface area contributed by atoms with Crippen molar-refractivity contribution in [3.8, 4) is 17.3 Å². The summed E-state index contributed by atoms with van der Waals surface area (Å²) in [5.41, 5.74) is 0.812. The molecule has 6 nitrogen and oxygen atoms in total. The van der Waals surface area contributed by atoms with Crippen LogP contribution in [-0.2, 0) is 6.42 Å². The van der Waals surface area contributed by atoms with Gasteiger partial charge in [0.15, 0.2) is 0 Å². The van der Waals surface area contributed by atoms with Crippen molar-refractivity contribution in [2.24, 2.45) is 0 Å². The van der Waals surface area contributed by atoms with Gasteiger partial charge in [-0.1, -0.05) is 48.0 Å². The predicted octanol–water partition coefficient (Wildman–Crippen LogP) is 5.80. The summed E-state index contributed by atoms with van der Waals surface area (Å²) in [7, 11) is 0. The van der Waals surface area contributed by atoms with Crippen LogP contribution in [0.4, 0.5) is 9.18 Å². The first-order valence-electron chi connectivity index (χ1n) is 9.63. The van der Waals surface area contributed by atoms with E-state index in [1.165, 1.54) is 17.0 Å². The minimum Gasteiger partial charge on any atom is -0.465 e. The van der Waals surface area contributed by atoms with Gasteiger partial charge in [0.05, 0.1) is 11.6 Å². The van der Waals surface area contributed by atoms with E-state index in [0.29, 0.717) is 17.8 Å². The molecule has 0 spiro atoms. The van der Waals surface area contributed by atoms with Gasteiger partial charge in [-0.3, -0.25) is 4.90 Å². The number of carbonyl (C=O) groups is 1. The minimum atomic E-state index is -1.09. The molecular weight excluding hydrogens is 419 g/mol. The topological polar surface area (TPSA) is 93.0 Å². The number of aromatic nitrogens is 2. The molecule has 1 atom stereocenters. The Hall–Kier alpha value is -3.37. The van der Waals surface area contributed by atoms with Gasteiger partial charge in [0.25, 0.3) is 0 Å². The van der Waals surface area contributed by atoms with Gasteiger partial charge in [0.1, 0.15) is 28.6 Å².